The average molecular weight is 1080 g/mol. The van der Waals surface area contributed by atoms with Crippen LogP contribution in [0.1, 0.15) is 81.2 Å². The third-order valence-electron chi connectivity index (χ3n) is 11.7. The summed E-state index contributed by atoms with van der Waals surface area (Å²) in [6, 6.07) is 44.5. The van der Waals surface area contributed by atoms with Gasteiger partial charge in [-0.15, -0.1) is 17.7 Å². The third-order valence-corrected chi connectivity index (χ3v) is 16.1. The van der Waals surface area contributed by atoms with Crippen molar-refractivity contribution >= 4 is 50.6 Å². The molecule has 4 aromatic heterocycles. The first kappa shape index (κ1) is 46.3. The van der Waals surface area contributed by atoms with Crippen LogP contribution in [0, 0.1) is 36.3 Å². The summed E-state index contributed by atoms with van der Waals surface area (Å²) in [5.74, 6) is 9.28. The molecular formula is C56H55GeIrN5O-2. The number of para-hydroxylation sites is 2. The van der Waals surface area contributed by atoms with E-state index in [1.165, 1.54) is 37.9 Å². The van der Waals surface area contributed by atoms with Gasteiger partial charge in [-0.1, -0.05) is 94.1 Å². The van der Waals surface area contributed by atoms with E-state index >= 15 is 0 Å². The Labute approximate surface area is 394 Å². The van der Waals surface area contributed by atoms with Crippen molar-refractivity contribution in [1.82, 2.24) is 19.5 Å². The summed E-state index contributed by atoms with van der Waals surface area (Å²) in [4.78, 5) is 13.9. The van der Waals surface area contributed by atoms with Crippen LogP contribution in [0.3, 0.4) is 0 Å². The fourth-order valence-electron chi connectivity index (χ4n) is 8.66. The molecule has 0 N–H and O–H groups in total. The predicted molar refractivity (Wildman–Crippen MR) is 264 cm³/mol. The molecule has 6 nitrogen and oxygen atoms in total. The van der Waals surface area contributed by atoms with E-state index in [1.807, 2.05) is 36.4 Å². The molecule has 0 aliphatic carbocycles. The first-order chi connectivity index (χ1) is 30.2. The van der Waals surface area contributed by atoms with Crippen molar-refractivity contribution in [3.63, 3.8) is 0 Å². The number of benzene rings is 5. The van der Waals surface area contributed by atoms with Gasteiger partial charge in [-0.25, -0.2) is 0 Å². The van der Waals surface area contributed by atoms with Gasteiger partial charge in [-0.2, -0.15) is 5.26 Å². The Bertz CT molecular complexity index is 3110. The maximum atomic E-state index is 9.52. The molecule has 0 unspecified atom stereocenters. The zero-order valence-corrected chi connectivity index (χ0v) is 43.0. The Morgan fingerprint density at radius 2 is 1.52 bits per heavy atom. The normalized spacial score (nSPS) is 11.6. The number of furan rings is 1. The van der Waals surface area contributed by atoms with E-state index < -0.39 is 13.3 Å². The van der Waals surface area contributed by atoms with E-state index in [4.69, 9.17) is 9.40 Å². The van der Waals surface area contributed by atoms with Crippen LogP contribution in [0.15, 0.2) is 126 Å². The zero-order chi connectivity index (χ0) is 44.6. The Morgan fingerprint density at radius 1 is 0.812 bits per heavy atom. The molecule has 0 atom stereocenters. The molecule has 0 fully saturated rings. The summed E-state index contributed by atoms with van der Waals surface area (Å²) >= 11 is -1.87. The van der Waals surface area contributed by atoms with E-state index in [9.17, 15) is 5.26 Å². The summed E-state index contributed by atoms with van der Waals surface area (Å²) < 4.78 is 10.4. The van der Waals surface area contributed by atoms with Crippen LogP contribution in [0.25, 0.3) is 72.4 Å². The number of fused-ring (bicyclic) bond motifs is 4. The Kier molecular flexibility index (Phi) is 13.9. The Morgan fingerprint density at radius 3 is 2.16 bits per heavy atom. The maximum absolute atomic E-state index is 9.52. The summed E-state index contributed by atoms with van der Waals surface area (Å²) in [7, 11) is 0. The van der Waals surface area contributed by atoms with Gasteiger partial charge in [0.05, 0.1) is 34.1 Å². The molecule has 325 valence electrons. The minimum absolute atomic E-state index is 0. The van der Waals surface area contributed by atoms with Crippen LogP contribution >= 0.6 is 0 Å². The van der Waals surface area contributed by atoms with Gasteiger partial charge < -0.3 is 8.98 Å². The predicted octanol–water partition coefficient (Wildman–Crippen LogP) is 14.2. The molecule has 5 aromatic carbocycles. The average Bonchev–Trinajstić information content (AvgIpc) is 3.85. The molecule has 9 rings (SSSR count). The minimum atomic E-state index is -1.87. The monoisotopic (exact) mass is 1080 g/mol. The topological polar surface area (TPSA) is 80.5 Å². The second-order valence-corrected chi connectivity index (χ2v) is 29.2. The first-order valence-corrected chi connectivity index (χ1v) is 29.4. The molecule has 1 radical (unpaired) electrons. The van der Waals surface area contributed by atoms with Crippen LogP contribution in [0.4, 0.5) is 0 Å². The fraction of sp³-hybridized carbons (Fsp3) is 0.250. The maximum Gasteiger partial charge on any atom is 0.122 e. The van der Waals surface area contributed by atoms with Gasteiger partial charge in [0.1, 0.15) is 5.58 Å². The SMILES string of the molecule is CC(C)Cc1cc(-c2[c-]cncc2)nc[c]1[Ge]([CH3])([CH3])[CH3].Cc1c[c-]c(-c2nc3ccccc3n2-c2c(C(C)C)cc(-c3ccccc3)cc2C(C)C)c2oc3cc(C#N)ccc3c12.[Ir]. The van der Waals surface area contributed by atoms with Crippen LogP contribution in [-0.4, -0.2) is 32.8 Å². The van der Waals surface area contributed by atoms with E-state index in [2.05, 4.69) is 171 Å². The van der Waals surface area contributed by atoms with Crippen molar-refractivity contribution in [2.45, 2.75) is 84.0 Å². The van der Waals surface area contributed by atoms with Crippen LogP contribution in [0.5, 0.6) is 0 Å². The van der Waals surface area contributed by atoms with Gasteiger partial charge in [0.25, 0.3) is 0 Å². The van der Waals surface area contributed by atoms with Gasteiger partial charge in [0.15, 0.2) is 0 Å². The molecule has 0 saturated heterocycles. The molecule has 0 spiro atoms. The molecule has 0 aliphatic heterocycles. The van der Waals surface area contributed by atoms with Crippen molar-refractivity contribution in [2.75, 3.05) is 0 Å². The number of hydrogen-bond acceptors (Lipinski definition) is 5. The molecule has 8 heteroatoms. The standard InChI is InChI=1S/C39H32N3O.C17H23GeN2.Ir/c1-23(2)31-20-28(27-11-7-6-8-12-27)21-32(24(3)4)37(31)42-34-14-10-9-13-33(34)41-39(42)30-17-15-25(5)36-29-18-16-26(22-40)19-35(29)43-38(30)36;1-13(2)10-15-11-17(14-6-8-19-9-7-14)20-12-16(15)18(3,4)5;/h6-16,18-21,23-24H,1-5H3;6,8-9,11-13H,10H2,1-5H3;/q2*-1;. The van der Waals surface area contributed by atoms with Crippen LogP contribution in [-0.2, 0) is 26.5 Å². The number of rotatable bonds is 9. The second-order valence-electron chi connectivity index (χ2n) is 18.6. The molecule has 0 amide bonds. The van der Waals surface area contributed by atoms with Crippen molar-refractivity contribution in [3.8, 4) is 45.5 Å². The molecule has 4 heterocycles. The first-order valence-electron chi connectivity index (χ1n) is 22.0. The van der Waals surface area contributed by atoms with E-state index in [1.54, 1.807) is 12.4 Å². The van der Waals surface area contributed by atoms with Crippen molar-refractivity contribution < 1.29 is 24.5 Å². The van der Waals surface area contributed by atoms with E-state index in [0.717, 1.165) is 62.0 Å². The number of aryl methyl sites for hydroxylation is 1. The zero-order valence-electron chi connectivity index (χ0n) is 38.5. The number of hydrogen-bond donors (Lipinski definition) is 0. The quantitative estimate of drug-likeness (QED) is 0.106. The number of nitrogens with zero attached hydrogens (tertiary/aromatic N) is 5. The van der Waals surface area contributed by atoms with Gasteiger partial charge in [-0.05, 0) is 70.5 Å². The van der Waals surface area contributed by atoms with Crippen molar-refractivity contribution in [1.29, 1.82) is 5.26 Å². The molecule has 0 saturated carbocycles. The smallest absolute Gasteiger partial charge is 0.122 e. The van der Waals surface area contributed by atoms with Gasteiger partial charge in [-0.3, -0.25) is 4.98 Å². The largest absolute Gasteiger partial charge is 0.500 e. The van der Waals surface area contributed by atoms with Crippen LogP contribution in [0.2, 0.25) is 17.3 Å². The number of pyridine rings is 2. The van der Waals surface area contributed by atoms with E-state index in [-0.39, 0.29) is 31.9 Å². The molecule has 0 bridgehead atoms. The second kappa shape index (κ2) is 19.2. The minimum Gasteiger partial charge on any atom is -0.500 e. The number of aromatic nitrogens is 4. The molecule has 64 heavy (non-hydrogen) atoms. The molecule has 9 aromatic rings. The number of imidazole rings is 1. The Balaban J connectivity index is 0.000000246. The van der Waals surface area contributed by atoms with Gasteiger partial charge in [0.2, 0.25) is 0 Å². The summed E-state index contributed by atoms with van der Waals surface area (Å²) in [5.41, 5.74) is 15.5. The Hall–Kier alpha value is -5.65. The third kappa shape index (κ3) is 9.29. The van der Waals surface area contributed by atoms with Crippen LogP contribution < -0.4 is 4.40 Å². The summed E-state index contributed by atoms with van der Waals surface area (Å²) in [5, 5.41) is 11.5. The van der Waals surface area contributed by atoms with Gasteiger partial charge >= 0.3 is 125 Å². The summed E-state index contributed by atoms with van der Waals surface area (Å²) in [6.45, 7) is 15.7. The molecular weight excluding hydrogens is 1020 g/mol. The van der Waals surface area contributed by atoms with Gasteiger partial charge in [0, 0.05) is 31.2 Å². The van der Waals surface area contributed by atoms with Crippen molar-refractivity contribution in [3.05, 3.63) is 162 Å². The summed E-state index contributed by atoms with van der Waals surface area (Å²) in [6.07, 6.45) is 6.74. The fourth-order valence-corrected chi connectivity index (χ4v) is 12.0. The van der Waals surface area contributed by atoms with E-state index in [0.29, 0.717) is 17.1 Å². The molecule has 0 aliphatic rings. The van der Waals surface area contributed by atoms with Crippen molar-refractivity contribution in [2.24, 2.45) is 5.92 Å². The number of nitriles is 1.